The van der Waals surface area contributed by atoms with Gasteiger partial charge in [0.15, 0.2) is 5.60 Å². The lowest BCUT2D eigenvalue weighted by molar-refractivity contribution is -0.177. The van der Waals surface area contributed by atoms with E-state index in [4.69, 9.17) is 23.2 Å². The molecule has 146 valence electrons. The molecule has 2 unspecified atom stereocenters. The molecule has 0 aliphatic carbocycles. The van der Waals surface area contributed by atoms with Gasteiger partial charge in [-0.1, -0.05) is 39.1 Å². The predicted octanol–water partition coefficient (Wildman–Crippen LogP) is 4.21. The van der Waals surface area contributed by atoms with Crippen molar-refractivity contribution in [2.45, 2.75) is 24.2 Å². The van der Waals surface area contributed by atoms with Crippen molar-refractivity contribution in [3.63, 3.8) is 0 Å². The molecule has 1 saturated heterocycles. The maximum absolute atomic E-state index is 12.8. The number of halogens is 6. The highest BCUT2D eigenvalue weighted by Gasteiger charge is 2.59. The third kappa shape index (κ3) is 5.10. The van der Waals surface area contributed by atoms with Crippen LogP contribution in [0.4, 0.5) is 13.2 Å². The summed E-state index contributed by atoms with van der Waals surface area (Å²) >= 11 is 14.4. The number of carbonyl (C=O) groups is 1. The first-order valence-electron chi connectivity index (χ1n) is 7.40. The molecule has 11 heteroatoms. The fourth-order valence-electron chi connectivity index (χ4n) is 2.55. The van der Waals surface area contributed by atoms with E-state index in [1.807, 2.05) is 6.07 Å². The molecule has 2 aromatic rings. The van der Waals surface area contributed by atoms with Crippen LogP contribution in [0, 0.1) is 0 Å². The van der Waals surface area contributed by atoms with Gasteiger partial charge in [0.25, 0.3) is 5.91 Å². The third-order valence-electron chi connectivity index (χ3n) is 3.90. The Kier molecular flexibility index (Phi) is 6.72. The van der Waals surface area contributed by atoms with Crippen molar-refractivity contribution in [2.24, 2.45) is 0 Å². The van der Waals surface area contributed by atoms with Gasteiger partial charge in [-0.3, -0.25) is 4.79 Å². The molecular formula is C16H13BrCl2F3N3O2. The normalized spacial score (nSPS) is 22.4. The molecule has 3 rings (SSSR count). The van der Waals surface area contributed by atoms with Crippen LogP contribution >= 0.6 is 39.1 Å². The second-order valence-electron chi connectivity index (χ2n) is 5.70. The number of likely N-dealkylation sites (tertiary alicyclic amines) is 1. The van der Waals surface area contributed by atoms with Crippen LogP contribution in [0.15, 0.2) is 41.1 Å². The Hall–Kier alpha value is -1.42. The molecule has 2 atom stereocenters. The van der Waals surface area contributed by atoms with Crippen LogP contribution in [0.2, 0.25) is 10.3 Å². The average Bonchev–Trinajstić information content (AvgIpc) is 2.81. The van der Waals surface area contributed by atoms with Crippen LogP contribution in [0.25, 0.3) is 0 Å². The molecule has 0 saturated carbocycles. The number of pyridine rings is 2. The summed E-state index contributed by atoms with van der Waals surface area (Å²) in [5.41, 5.74) is -2.21. The van der Waals surface area contributed by atoms with E-state index in [0.717, 1.165) is 11.5 Å². The van der Waals surface area contributed by atoms with Crippen molar-refractivity contribution in [1.82, 2.24) is 14.9 Å². The summed E-state index contributed by atoms with van der Waals surface area (Å²) in [5.74, 6) is -1.00. The monoisotopic (exact) mass is 485 g/mol. The van der Waals surface area contributed by atoms with E-state index in [1.165, 1.54) is 18.3 Å². The third-order valence-corrected chi connectivity index (χ3v) is 4.81. The lowest BCUT2D eigenvalue weighted by Gasteiger charge is -2.21. The summed E-state index contributed by atoms with van der Waals surface area (Å²) < 4.78 is 39.3. The van der Waals surface area contributed by atoms with Gasteiger partial charge in [-0.05, 0) is 29.8 Å². The Morgan fingerprint density at radius 3 is 2.19 bits per heavy atom. The zero-order valence-corrected chi connectivity index (χ0v) is 16.8. The maximum Gasteiger partial charge on any atom is 0.408 e. The molecule has 1 aliphatic heterocycles. The second-order valence-corrected chi connectivity index (χ2v) is 7.39. The Morgan fingerprint density at radius 2 is 1.78 bits per heavy atom. The minimum Gasteiger partial charge on any atom is -0.375 e. The number of alkyl halides is 3. The number of carbonyl (C=O) groups excluding carboxylic acids is 1. The van der Waals surface area contributed by atoms with E-state index >= 15 is 0 Å². The molecule has 5 nitrogen and oxygen atoms in total. The Balaban J connectivity index is 0.000000273. The summed E-state index contributed by atoms with van der Waals surface area (Å²) in [6, 6.07) is 4.01. The predicted molar refractivity (Wildman–Crippen MR) is 97.3 cm³/mol. The summed E-state index contributed by atoms with van der Waals surface area (Å²) in [7, 11) is 1.02. The molecule has 1 amide bonds. The Bertz CT molecular complexity index is 823. The van der Waals surface area contributed by atoms with Crippen molar-refractivity contribution in [3.8, 4) is 0 Å². The topological polar surface area (TPSA) is 66.3 Å². The number of aromatic nitrogens is 2. The van der Waals surface area contributed by atoms with E-state index in [0.29, 0.717) is 10.1 Å². The highest BCUT2D eigenvalue weighted by Crippen LogP contribution is 2.42. The molecule has 1 aliphatic rings. The van der Waals surface area contributed by atoms with Crippen LogP contribution in [0.1, 0.15) is 12.0 Å². The number of rotatable bonds is 1. The largest absolute Gasteiger partial charge is 0.408 e. The van der Waals surface area contributed by atoms with Gasteiger partial charge in [-0.15, -0.1) is 0 Å². The molecular weight excluding hydrogens is 474 g/mol. The lowest BCUT2D eigenvalue weighted by atomic mass is 9.91. The van der Waals surface area contributed by atoms with Crippen molar-refractivity contribution in [1.29, 1.82) is 0 Å². The first kappa shape index (κ1) is 21.9. The van der Waals surface area contributed by atoms with Gasteiger partial charge in [-0.25, -0.2) is 9.97 Å². The number of hydrogen-bond donors (Lipinski definition) is 1. The van der Waals surface area contributed by atoms with E-state index in [2.05, 4.69) is 25.9 Å². The molecule has 2 aromatic heterocycles. The van der Waals surface area contributed by atoms with Gasteiger partial charge in [0.1, 0.15) is 16.3 Å². The molecule has 0 spiro atoms. The molecule has 1 N–H and O–H groups in total. The average molecular weight is 487 g/mol. The minimum atomic E-state index is -4.59. The number of amides is 1. The summed E-state index contributed by atoms with van der Waals surface area (Å²) in [6.07, 6.45) is -2.48. The molecule has 0 radical (unpaired) electrons. The smallest absolute Gasteiger partial charge is 0.375 e. The molecule has 1 fully saturated rings. The van der Waals surface area contributed by atoms with Gasteiger partial charge >= 0.3 is 6.18 Å². The van der Waals surface area contributed by atoms with Crippen molar-refractivity contribution in [2.75, 3.05) is 7.05 Å². The fourth-order valence-corrected chi connectivity index (χ4v) is 3.37. The van der Waals surface area contributed by atoms with Gasteiger partial charge in [0.05, 0.1) is 0 Å². The Labute approximate surface area is 171 Å². The first-order chi connectivity index (χ1) is 12.4. The maximum atomic E-state index is 12.8. The number of nitrogens with zero attached hydrogens (tertiary/aromatic N) is 3. The van der Waals surface area contributed by atoms with Crippen LogP contribution in [0.5, 0.6) is 0 Å². The van der Waals surface area contributed by atoms with Crippen LogP contribution < -0.4 is 0 Å². The minimum absolute atomic E-state index is 0.00293. The standard InChI is InChI=1S/C11H10ClF3N2O2.C5H3BrClN/c1-17-7(11(13,14)15)5-10(19,9(17)18)6-2-3-16-8(12)4-6;6-4-1-2-8-5(7)3-4/h2-4,7,19H,5H2,1H3;1-3H. The fraction of sp³-hybridized carbons (Fsp3) is 0.312. The summed E-state index contributed by atoms with van der Waals surface area (Å²) in [5, 5.41) is 10.8. The Morgan fingerprint density at radius 1 is 1.22 bits per heavy atom. The van der Waals surface area contributed by atoms with Gasteiger partial charge in [0, 0.05) is 30.3 Å². The van der Waals surface area contributed by atoms with E-state index < -0.39 is 30.1 Å². The molecule has 3 heterocycles. The second kappa shape index (κ2) is 8.30. The summed E-state index contributed by atoms with van der Waals surface area (Å²) in [4.78, 5) is 19.9. The van der Waals surface area contributed by atoms with Gasteiger partial charge in [-0.2, -0.15) is 13.2 Å². The number of aliphatic hydroxyl groups is 1. The first-order valence-corrected chi connectivity index (χ1v) is 8.95. The number of likely N-dealkylation sites (N-methyl/N-ethyl adjacent to an activating group) is 1. The van der Waals surface area contributed by atoms with Crippen molar-refractivity contribution in [3.05, 3.63) is 57.0 Å². The highest BCUT2D eigenvalue weighted by atomic mass is 79.9. The van der Waals surface area contributed by atoms with Crippen molar-refractivity contribution >= 4 is 45.0 Å². The SMILES string of the molecule is CN1C(=O)C(O)(c2ccnc(Cl)c2)CC1C(F)(F)F.Clc1cc(Br)ccn1. The zero-order chi connectivity index (χ0) is 20.4. The van der Waals surface area contributed by atoms with E-state index in [-0.39, 0.29) is 10.7 Å². The molecule has 0 bridgehead atoms. The van der Waals surface area contributed by atoms with Crippen LogP contribution in [-0.2, 0) is 10.4 Å². The number of hydrogen-bond acceptors (Lipinski definition) is 4. The van der Waals surface area contributed by atoms with Gasteiger partial charge < -0.3 is 10.0 Å². The highest BCUT2D eigenvalue weighted by molar-refractivity contribution is 9.10. The zero-order valence-electron chi connectivity index (χ0n) is 13.7. The van der Waals surface area contributed by atoms with Gasteiger partial charge in [0.2, 0.25) is 0 Å². The van der Waals surface area contributed by atoms with Crippen molar-refractivity contribution < 1.29 is 23.1 Å². The van der Waals surface area contributed by atoms with Crippen LogP contribution in [0.3, 0.4) is 0 Å². The van der Waals surface area contributed by atoms with E-state index in [9.17, 15) is 23.1 Å². The molecule has 27 heavy (non-hydrogen) atoms. The lowest BCUT2D eigenvalue weighted by Crippen LogP contribution is -2.41. The van der Waals surface area contributed by atoms with E-state index in [1.54, 1.807) is 12.3 Å². The quantitative estimate of drug-likeness (QED) is 0.613. The molecule has 0 aromatic carbocycles. The summed E-state index contributed by atoms with van der Waals surface area (Å²) in [6.45, 7) is 0. The van der Waals surface area contributed by atoms with Crippen LogP contribution in [-0.4, -0.2) is 45.1 Å².